The van der Waals surface area contributed by atoms with Gasteiger partial charge in [0.25, 0.3) is 0 Å². The van der Waals surface area contributed by atoms with Gasteiger partial charge in [0.15, 0.2) is 6.10 Å². The molecule has 0 aromatic heterocycles. The zero-order chi connectivity index (χ0) is 50.2. The van der Waals surface area contributed by atoms with Crippen LogP contribution in [-0.4, -0.2) is 127 Å². The first kappa shape index (κ1) is 60.7. The van der Waals surface area contributed by atoms with E-state index >= 15 is 0 Å². The van der Waals surface area contributed by atoms with Crippen molar-refractivity contribution >= 4 is 25.5 Å². The van der Waals surface area contributed by atoms with E-state index in [0.29, 0.717) is 51.4 Å². The van der Waals surface area contributed by atoms with Crippen molar-refractivity contribution in [3.8, 4) is 0 Å². The summed E-state index contributed by atoms with van der Waals surface area (Å²) in [6.45, 7) is 2.63. The number of carbonyl (C=O) groups is 3. The van der Waals surface area contributed by atoms with Crippen LogP contribution in [0.25, 0.3) is 0 Å². The van der Waals surface area contributed by atoms with E-state index in [1.165, 1.54) is 6.08 Å². The smallest absolute Gasteiger partial charge is 0.462 e. The number of unbranched alkanes of at least 4 members (excludes halogenated alkanes) is 2. The molecule has 1 aliphatic carbocycles. The fourth-order valence-electron chi connectivity index (χ4n) is 7.65. The topological polar surface area (TPSA) is 267 Å². The van der Waals surface area contributed by atoms with Crippen LogP contribution in [0.5, 0.6) is 0 Å². The monoisotopic (exact) mass is 981 g/mol. The molecule has 0 amide bonds. The number of rotatable bonds is 21. The zero-order valence-corrected chi connectivity index (χ0v) is 41.0. The lowest BCUT2D eigenvalue weighted by molar-refractivity contribution is -0.167. The third-order valence-electron chi connectivity index (χ3n) is 11.6. The molecule has 0 aromatic rings. The molecule has 16 nitrogen and oxygen atoms in total. The number of Topliss-reactive ketones (excluding diaryl/α,β-unsaturated/α-hetero) is 1. The standard InChI is InChI=1S/C51H81O16P/c1-3-5-7-8-9-10-11-12-13-14-15-16-17-18-19-20-21-22-28-32-45(56)66-39-36-64-44(55)31-27-24-23-26-30-40-42(53)35-43(54)41(34-33-38(52)29-25-6-4-2)47(58)49(60)51(50(61)48(59)46(40)57)67-68(62,63)65-37-39/h5,7,9-10,12-13,15-16,18-19,21-22,33-34,38-42,46-53,57-61H,3-4,6,8,11,14,17,20,23-32,35-37H2,1-2H3,(H,62,63)/b7-5-,10-9-,13-12-,16-15-,19-18-,22-21-,34-33+/t38-,39+,40-,41-,42-,46+,47+,48-,49+,50+,51+/m0/s1. The maximum Gasteiger partial charge on any atom is 0.472 e. The van der Waals surface area contributed by atoms with Gasteiger partial charge in [0.1, 0.15) is 36.8 Å². The number of ketones is 1. The van der Waals surface area contributed by atoms with Gasteiger partial charge in [-0.3, -0.25) is 23.4 Å². The normalized spacial score (nSPS) is 31.0. The van der Waals surface area contributed by atoms with Crippen molar-refractivity contribution in [1.82, 2.24) is 0 Å². The van der Waals surface area contributed by atoms with Crippen molar-refractivity contribution in [3.63, 3.8) is 0 Å². The number of allylic oxidation sites excluding steroid dienone is 12. The van der Waals surface area contributed by atoms with Gasteiger partial charge in [0.2, 0.25) is 0 Å². The average Bonchev–Trinajstić information content (AvgIpc) is 3.31. The maximum absolute atomic E-state index is 13.7. The summed E-state index contributed by atoms with van der Waals surface area (Å²) >= 11 is 0. The zero-order valence-electron chi connectivity index (χ0n) is 40.1. The predicted octanol–water partition coefficient (Wildman–Crippen LogP) is 6.64. The molecule has 0 radical (unpaired) electrons. The Morgan fingerprint density at radius 1 is 0.735 bits per heavy atom. The highest BCUT2D eigenvalue weighted by atomic mass is 31.2. The fraction of sp³-hybridized carbons (Fsp3) is 0.667. The van der Waals surface area contributed by atoms with Gasteiger partial charge >= 0.3 is 19.8 Å². The first-order valence-electron chi connectivity index (χ1n) is 24.5. The second-order valence-electron chi connectivity index (χ2n) is 17.4. The Morgan fingerprint density at radius 2 is 1.31 bits per heavy atom. The number of hydrogen-bond acceptors (Lipinski definition) is 15. The molecule has 1 aliphatic heterocycles. The van der Waals surface area contributed by atoms with Crippen molar-refractivity contribution in [2.75, 3.05) is 13.2 Å². The Morgan fingerprint density at radius 3 is 1.91 bits per heavy atom. The lowest BCUT2D eigenvalue weighted by Gasteiger charge is -2.37. The molecule has 17 heteroatoms. The van der Waals surface area contributed by atoms with Crippen LogP contribution in [0, 0.1) is 11.8 Å². The summed E-state index contributed by atoms with van der Waals surface area (Å²) in [4.78, 5) is 50.2. The molecule has 1 unspecified atom stereocenters. The van der Waals surface area contributed by atoms with Crippen LogP contribution in [0.1, 0.15) is 136 Å². The molecule has 0 aromatic carbocycles. The van der Waals surface area contributed by atoms with Crippen LogP contribution in [0.4, 0.5) is 0 Å². The Kier molecular flexibility index (Phi) is 31.9. The highest BCUT2D eigenvalue weighted by molar-refractivity contribution is 7.47. The summed E-state index contributed by atoms with van der Waals surface area (Å²) in [6, 6.07) is 0. The van der Waals surface area contributed by atoms with Crippen molar-refractivity contribution in [1.29, 1.82) is 0 Å². The highest BCUT2D eigenvalue weighted by Gasteiger charge is 2.49. The minimum atomic E-state index is -5.48. The van der Waals surface area contributed by atoms with Gasteiger partial charge < -0.3 is 50.1 Å². The molecule has 12 atom stereocenters. The van der Waals surface area contributed by atoms with Crippen LogP contribution in [-0.2, 0) is 37.5 Å². The van der Waals surface area contributed by atoms with Gasteiger partial charge in [0.05, 0.1) is 36.9 Å². The summed E-state index contributed by atoms with van der Waals surface area (Å²) in [5, 5.41) is 78.6. The number of hydrogen-bond donors (Lipinski definition) is 8. The highest BCUT2D eigenvalue weighted by Crippen LogP contribution is 2.47. The minimum Gasteiger partial charge on any atom is -0.462 e. The van der Waals surface area contributed by atoms with Crippen LogP contribution in [0.2, 0.25) is 0 Å². The molecule has 2 aliphatic rings. The predicted molar refractivity (Wildman–Crippen MR) is 259 cm³/mol. The molecule has 68 heavy (non-hydrogen) atoms. The number of aliphatic hydroxyl groups excluding tert-OH is 7. The van der Waals surface area contributed by atoms with Gasteiger partial charge in [-0.25, -0.2) is 4.57 Å². The van der Waals surface area contributed by atoms with Crippen LogP contribution >= 0.6 is 7.82 Å². The number of fused-ring (bicyclic) bond motifs is 4. The van der Waals surface area contributed by atoms with E-state index in [1.54, 1.807) is 6.08 Å². The van der Waals surface area contributed by atoms with Crippen LogP contribution in [0.15, 0.2) is 85.1 Å². The number of esters is 2. The second-order valence-corrected chi connectivity index (χ2v) is 18.8. The third-order valence-corrected chi connectivity index (χ3v) is 12.6. The number of carbonyl (C=O) groups excluding carboxylic acids is 3. The number of aliphatic hydroxyl groups is 7. The molecule has 2 bridgehead atoms. The Bertz CT molecular complexity index is 1690. The third kappa shape index (κ3) is 25.5. The Hall–Kier alpha value is -3.38. The van der Waals surface area contributed by atoms with Gasteiger partial charge in [0, 0.05) is 25.2 Å². The summed E-state index contributed by atoms with van der Waals surface area (Å²) in [6.07, 6.45) is 18.5. The average molecular weight is 981 g/mol. The summed E-state index contributed by atoms with van der Waals surface area (Å²) in [7, 11) is -5.48. The van der Waals surface area contributed by atoms with Gasteiger partial charge in [-0.15, -0.1) is 0 Å². The molecule has 8 N–H and O–H groups in total. The molecular weight excluding hydrogens is 900 g/mol. The van der Waals surface area contributed by atoms with Gasteiger partial charge in [-0.1, -0.05) is 137 Å². The largest absolute Gasteiger partial charge is 0.472 e. The molecule has 2 rings (SSSR count). The molecule has 2 fully saturated rings. The number of phosphoric ester groups is 1. The Balaban J connectivity index is 2.17. The van der Waals surface area contributed by atoms with E-state index in [0.717, 1.165) is 51.0 Å². The van der Waals surface area contributed by atoms with Crippen LogP contribution < -0.4 is 0 Å². The molecule has 386 valence electrons. The summed E-state index contributed by atoms with van der Waals surface area (Å²) in [5.74, 6) is -5.13. The molecule has 1 saturated heterocycles. The number of phosphoric acid groups is 1. The van der Waals surface area contributed by atoms with E-state index in [-0.39, 0.29) is 19.3 Å². The lowest BCUT2D eigenvalue weighted by atomic mass is 9.82. The summed E-state index contributed by atoms with van der Waals surface area (Å²) in [5.41, 5.74) is 0. The minimum absolute atomic E-state index is 0.0197. The van der Waals surface area contributed by atoms with Crippen LogP contribution in [0.3, 0.4) is 0 Å². The first-order chi connectivity index (χ1) is 32.6. The van der Waals surface area contributed by atoms with Crippen molar-refractivity contribution < 1.29 is 78.1 Å². The molecule has 0 spiro atoms. The van der Waals surface area contributed by atoms with E-state index in [2.05, 4.69) is 55.5 Å². The second kappa shape index (κ2) is 35.7. The van der Waals surface area contributed by atoms with E-state index in [9.17, 15) is 59.6 Å². The quantitative estimate of drug-likeness (QED) is 0.0259. The van der Waals surface area contributed by atoms with Crippen molar-refractivity contribution in [2.24, 2.45) is 11.8 Å². The first-order valence-corrected chi connectivity index (χ1v) is 26.0. The van der Waals surface area contributed by atoms with Crippen molar-refractivity contribution in [3.05, 3.63) is 85.1 Å². The van der Waals surface area contributed by atoms with Gasteiger partial charge in [-0.05, 0) is 64.2 Å². The SMILES string of the molecule is CC/C=C\C/C=C\C/C=C\C/C=C\C/C=C\C/C=C\CCC(=O)O[C@@H]1COC(=O)CCCCCC[C@@H]2[C@@H](O)[C@H](O)[C@@H](O)[C@H](OP(=O)(O)OC1)[C@H](O)[C@H](O)[C@@H](/C=C/[C@@H](O)CCCCC)C(=O)C[C@@H]2O. The van der Waals surface area contributed by atoms with Crippen molar-refractivity contribution in [2.45, 2.75) is 191 Å². The fourth-order valence-corrected chi connectivity index (χ4v) is 8.62. The van der Waals surface area contributed by atoms with Gasteiger partial charge in [-0.2, -0.15) is 0 Å². The van der Waals surface area contributed by atoms with E-state index in [1.807, 2.05) is 25.2 Å². The summed E-state index contributed by atoms with van der Waals surface area (Å²) < 4.78 is 34.6. The maximum atomic E-state index is 13.7. The number of ether oxygens (including phenoxy) is 2. The Labute approximate surface area is 403 Å². The van der Waals surface area contributed by atoms with E-state index < -0.39 is 112 Å². The molecule has 1 saturated carbocycles. The molecule has 1 heterocycles. The lowest BCUT2D eigenvalue weighted by Crippen LogP contribution is -2.55. The van der Waals surface area contributed by atoms with E-state index in [4.69, 9.17) is 18.5 Å². The molecular formula is C51H81O16P. The number of cyclic esters (lactones) is 1.